The van der Waals surface area contributed by atoms with Crippen molar-refractivity contribution >= 4 is 11.8 Å². The number of hydrogen-bond donors (Lipinski definition) is 1. The molecule has 0 aliphatic carbocycles. The van der Waals surface area contributed by atoms with E-state index >= 15 is 0 Å². The van der Waals surface area contributed by atoms with Gasteiger partial charge in [0.15, 0.2) is 0 Å². The molecular weight excluding hydrogens is 254 g/mol. The molecule has 1 aromatic rings. The third-order valence-corrected chi connectivity index (χ3v) is 4.15. The fraction of sp³-hybridized carbons (Fsp3) is 0.800. The summed E-state index contributed by atoms with van der Waals surface area (Å²) in [6, 6.07) is 0.456. The van der Waals surface area contributed by atoms with E-state index in [9.17, 15) is 0 Å². The number of rotatable bonds is 9. The summed E-state index contributed by atoms with van der Waals surface area (Å²) in [7, 11) is 0. The van der Waals surface area contributed by atoms with E-state index in [4.69, 9.17) is 5.10 Å². The minimum atomic E-state index is 0.456. The van der Waals surface area contributed by atoms with E-state index in [2.05, 4.69) is 43.9 Å². The van der Waals surface area contributed by atoms with Crippen LogP contribution in [0.5, 0.6) is 0 Å². The zero-order valence-corrected chi connectivity index (χ0v) is 13.9. The second-order valence-corrected chi connectivity index (χ2v) is 5.73. The lowest BCUT2D eigenvalue weighted by Gasteiger charge is -2.18. The molecule has 0 bridgehead atoms. The van der Waals surface area contributed by atoms with Gasteiger partial charge in [-0.05, 0) is 32.1 Å². The molecule has 1 rings (SSSR count). The summed E-state index contributed by atoms with van der Waals surface area (Å²) in [5.74, 6) is 1.13. The minimum absolute atomic E-state index is 0.456. The van der Waals surface area contributed by atoms with Gasteiger partial charge in [0.05, 0.1) is 12.2 Å². The largest absolute Gasteiger partial charge is 0.310 e. The lowest BCUT2D eigenvalue weighted by molar-refractivity contribution is 0.527. The van der Waals surface area contributed by atoms with Gasteiger partial charge in [-0.2, -0.15) is 16.9 Å². The molecule has 3 nitrogen and oxygen atoms in total. The predicted octanol–water partition coefficient (Wildman–Crippen LogP) is 3.43. The van der Waals surface area contributed by atoms with Gasteiger partial charge in [-0.3, -0.25) is 4.68 Å². The Morgan fingerprint density at radius 1 is 1.21 bits per heavy atom. The van der Waals surface area contributed by atoms with Crippen molar-refractivity contribution in [3.8, 4) is 0 Å². The standard InChI is InChI=1S/C15H29N3S/c1-6-12(16-9-4)15-13(7-2)17-18(10-11-19-5)14(15)8-3/h12,16H,6-11H2,1-5H3. The first-order valence-corrected chi connectivity index (χ1v) is 8.93. The summed E-state index contributed by atoms with van der Waals surface area (Å²) in [6.45, 7) is 10.9. The van der Waals surface area contributed by atoms with Crippen LogP contribution in [0.1, 0.15) is 57.1 Å². The molecule has 0 aliphatic rings. The summed E-state index contributed by atoms with van der Waals surface area (Å²) >= 11 is 1.89. The molecule has 0 spiro atoms. The molecule has 1 N–H and O–H groups in total. The highest BCUT2D eigenvalue weighted by Crippen LogP contribution is 2.26. The highest BCUT2D eigenvalue weighted by molar-refractivity contribution is 7.98. The van der Waals surface area contributed by atoms with Crippen molar-refractivity contribution in [3.05, 3.63) is 17.0 Å². The molecule has 1 aromatic heterocycles. The van der Waals surface area contributed by atoms with E-state index in [0.717, 1.165) is 38.1 Å². The Morgan fingerprint density at radius 3 is 2.42 bits per heavy atom. The molecular formula is C15H29N3S. The molecule has 0 amide bonds. The van der Waals surface area contributed by atoms with Crippen molar-refractivity contribution in [2.75, 3.05) is 18.6 Å². The molecule has 0 aromatic carbocycles. The SMILES string of the molecule is CCNC(CC)c1c(CC)nn(CCSC)c1CC. The van der Waals surface area contributed by atoms with Crippen molar-refractivity contribution in [1.82, 2.24) is 15.1 Å². The molecule has 0 saturated heterocycles. The van der Waals surface area contributed by atoms with Gasteiger partial charge in [0.2, 0.25) is 0 Å². The van der Waals surface area contributed by atoms with Crippen LogP contribution < -0.4 is 5.32 Å². The van der Waals surface area contributed by atoms with Gasteiger partial charge in [0.1, 0.15) is 0 Å². The first-order valence-electron chi connectivity index (χ1n) is 7.54. The third-order valence-electron chi connectivity index (χ3n) is 3.56. The van der Waals surface area contributed by atoms with Gasteiger partial charge >= 0.3 is 0 Å². The average molecular weight is 283 g/mol. The molecule has 0 radical (unpaired) electrons. The van der Waals surface area contributed by atoms with E-state index < -0.39 is 0 Å². The Balaban J connectivity index is 3.14. The number of aromatic nitrogens is 2. The van der Waals surface area contributed by atoms with Crippen LogP contribution in [-0.2, 0) is 19.4 Å². The Labute approximate surface area is 122 Å². The fourth-order valence-corrected chi connectivity index (χ4v) is 3.02. The first kappa shape index (κ1) is 16.6. The van der Waals surface area contributed by atoms with Crippen molar-refractivity contribution in [2.45, 2.75) is 59.5 Å². The van der Waals surface area contributed by atoms with E-state index in [-0.39, 0.29) is 0 Å². The molecule has 19 heavy (non-hydrogen) atoms. The van der Waals surface area contributed by atoms with Crippen LogP contribution in [0.4, 0.5) is 0 Å². The lowest BCUT2D eigenvalue weighted by Crippen LogP contribution is -2.22. The van der Waals surface area contributed by atoms with Crippen molar-refractivity contribution in [1.29, 1.82) is 0 Å². The monoisotopic (exact) mass is 283 g/mol. The molecule has 110 valence electrons. The van der Waals surface area contributed by atoms with Crippen LogP contribution in [0.2, 0.25) is 0 Å². The predicted molar refractivity (Wildman–Crippen MR) is 86.1 cm³/mol. The van der Waals surface area contributed by atoms with Crippen molar-refractivity contribution in [2.24, 2.45) is 0 Å². The molecule has 4 heteroatoms. The number of nitrogens with one attached hydrogen (secondary N) is 1. The zero-order chi connectivity index (χ0) is 14.3. The van der Waals surface area contributed by atoms with E-state index in [0.29, 0.717) is 6.04 Å². The van der Waals surface area contributed by atoms with Crippen LogP contribution >= 0.6 is 11.8 Å². The third kappa shape index (κ3) is 3.99. The maximum absolute atomic E-state index is 4.85. The van der Waals surface area contributed by atoms with Crippen LogP contribution in [0.3, 0.4) is 0 Å². The average Bonchev–Trinajstić information content (AvgIpc) is 2.79. The minimum Gasteiger partial charge on any atom is -0.310 e. The zero-order valence-electron chi connectivity index (χ0n) is 13.1. The molecule has 0 fully saturated rings. The van der Waals surface area contributed by atoms with Crippen molar-refractivity contribution in [3.63, 3.8) is 0 Å². The van der Waals surface area contributed by atoms with Gasteiger partial charge in [0, 0.05) is 23.1 Å². The fourth-order valence-electron chi connectivity index (χ4n) is 2.66. The number of nitrogens with zero attached hydrogens (tertiary/aromatic N) is 2. The molecule has 0 saturated carbocycles. The maximum atomic E-state index is 4.85. The summed E-state index contributed by atoms with van der Waals surface area (Å²) in [5, 5.41) is 8.46. The number of thioether (sulfide) groups is 1. The smallest absolute Gasteiger partial charge is 0.0672 e. The Hall–Kier alpha value is -0.480. The number of aryl methyl sites for hydroxylation is 2. The number of hydrogen-bond acceptors (Lipinski definition) is 3. The topological polar surface area (TPSA) is 29.9 Å². The maximum Gasteiger partial charge on any atom is 0.0672 e. The highest BCUT2D eigenvalue weighted by atomic mass is 32.2. The van der Waals surface area contributed by atoms with E-state index in [1.54, 1.807) is 0 Å². The van der Waals surface area contributed by atoms with Crippen LogP contribution in [0.25, 0.3) is 0 Å². The van der Waals surface area contributed by atoms with Crippen LogP contribution in [0, 0.1) is 0 Å². The summed E-state index contributed by atoms with van der Waals surface area (Å²) in [4.78, 5) is 0. The van der Waals surface area contributed by atoms with Gasteiger partial charge in [-0.25, -0.2) is 0 Å². The summed E-state index contributed by atoms with van der Waals surface area (Å²) < 4.78 is 2.24. The first-order chi connectivity index (χ1) is 9.23. The quantitative estimate of drug-likeness (QED) is 0.753. The molecule has 1 atom stereocenters. The van der Waals surface area contributed by atoms with Gasteiger partial charge in [0.25, 0.3) is 0 Å². The molecule has 1 heterocycles. The highest BCUT2D eigenvalue weighted by Gasteiger charge is 2.21. The van der Waals surface area contributed by atoms with E-state index in [1.165, 1.54) is 17.0 Å². The van der Waals surface area contributed by atoms with Crippen LogP contribution in [-0.4, -0.2) is 28.3 Å². The normalized spacial score (nSPS) is 12.9. The van der Waals surface area contributed by atoms with Crippen LogP contribution in [0.15, 0.2) is 0 Å². The van der Waals surface area contributed by atoms with Crippen molar-refractivity contribution < 1.29 is 0 Å². The Bertz CT molecular complexity index is 374. The van der Waals surface area contributed by atoms with Gasteiger partial charge in [-0.1, -0.05) is 27.7 Å². The molecule has 0 aliphatic heterocycles. The second kappa shape index (κ2) is 8.64. The Morgan fingerprint density at radius 2 is 1.95 bits per heavy atom. The summed E-state index contributed by atoms with van der Waals surface area (Å²) in [6.07, 6.45) is 5.38. The lowest BCUT2D eigenvalue weighted by atomic mass is 9.99. The van der Waals surface area contributed by atoms with E-state index in [1.807, 2.05) is 11.8 Å². The van der Waals surface area contributed by atoms with Gasteiger partial charge in [-0.15, -0.1) is 0 Å². The second-order valence-electron chi connectivity index (χ2n) is 4.75. The molecule has 1 unspecified atom stereocenters. The Kier molecular flexibility index (Phi) is 7.54. The van der Waals surface area contributed by atoms with Gasteiger partial charge < -0.3 is 5.32 Å². The summed E-state index contributed by atoms with van der Waals surface area (Å²) in [5.41, 5.74) is 4.18.